The minimum atomic E-state index is -0.322. The molecule has 0 fully saturated rings. The van der Waals surface area contributed by atoms with E-state index in [1.54, 1.807) is 60.8 Å². The molecule has 0 spiro atoms. The highest BCUT2D eigenvalue weighted by Crippen LogP contribution is 2.30. The summed E-state index contributed by atoms with van der Waals surface area (Å²) in [4.78, 5) is 18.2. The van der Waals surface area contributed by atoms with E-state index in [0.717, 1.165) is 9.86 Å². The van der Waals surface area contributed by atoms with Crippen LogP contribution in [0.1, 0.15) is 11.1 Å². The first-order valence-electron chi connectivity index (χ1n) is 11.9. The lowest BCUT2D eigenvalue weighted by atomic mass is 10.2. The van der Waals surface area contributed by atoms with Crippen LogP contribution in [-0.2, 0) is 6.61 Å². The van der Waals surface area contributed by atoms with Crippen LogP contribution in [0.4, 0.5) is 4.39 Å². The van der Waals surface area contributed by atoms with E-state index < -0.39 is 0 Å². The molecule has 0 bridgehead atoms. The number of hydrogen-bond acceptors (Lipinski definition) is 5. The summed E-state index contributed by atoms with van der Waals surface area (Å²) in [5, 5.41) is 5.81. The van der Waals surface area contributed by atoms with Gasteiger partial charge in [0.2, 0.25) is 5.82 Å². The van der Waals surface area contributed by atoms with Crippen molar-refractivity contribution >= 4 is 59.9 Å². The van der Waals surface area contributed by atoms with Gasteiger partial charge < -0.3 is 9.15 Å². The molecule has 0 aliphatic rings. The highest BCUT2D eigenvalue weighted by Gasteiger charge is 2.16. The quantitative estimate of drug-likeness (QED) is 0.172. The number of hydrogen-bond donors (Lipinski definition) is 0. The molecule has 0 saturated carbocycles. The summed E-state index contributed by atoms with van der Waals surface area (Å²) in [5.41, 5.74) is 2.06. The summed E-state index contributed by atoms with van der Waals surface area (Å²) in [5.74, 6) is 0.932. The van der Waals surface area contributed by atoms with E-state index in [-0.39, 0.29) is 23.8 Å². The van der Waals surface area contributed by atoms with E-state index >= 15 is 0 Å². The van der Waals surface area contributed by atoms with Crippen LogP contribution in [0.15, 0.2) is 114 Å². The fourth-order valence-electron chi connectivity index (χ4n) is 4.12. The Kier molecular flexibility index (Phi) is 6.85. The lowest BCUT2D eigenvalue weighted by Gasteiger charge is -2.10. The van der Waals surface area contributed by atoms with Crippen molar-refractivity contribution in [3.8, 4) is 17.3 Å². The maximum absolute atomic E-state index is 13.9. The number of nitrogens with zero attached hydrogens (tertiary/aromatic N) is 3. The van der Waals surface area contributed by atoms with Crippen molar-refractivity contribution < 1.29 is 13.5 Å². The van der Waals surface area contributed by atoms with Crippen molar-refractivity contribution in [3.05, 3.63) is 127 Å². The highest BCUT2D eigenvalue weighted by atomic mass is 79.9. The molecule has 9 heteroatoms. The number of benzene rings is 4. The summed E-state index contributed by atoms with van der Waals surface area (Å²) in [6.45, 7) is 0.0916. The molecule has 0 saturated heterocycles. The maximum Gasteiger partial charge on any atom is 0.282 e. The van der Waals surface area contributed by atoms with Crippen molar-refractivity contribution in [2.75, 3.05) is 0 Å². The zero-order valence-electron chi connectivity index (χ0n) is 20.1. The van der Waals surface area contributed by atoms with Gasteiger partial charge in [0.15, 0.2) is 5.76 Å². The second kappa shape index (κ2) is 10.6. The first kappa shape index (κ1) is 25.2. The third-order valence-electron chi connectivity index (χ3n) is 6.07. The normalized spacial score (nSPS) is 11.6. The van der Waals surface area contributed by atoms with Gasteiger partial charge in [0.1, 0.15) is 23.8 Å². The lowest BCUT2D eigenvalue weighted by molar-refractivity contribution is 0.298. The minimum Gasteiger partial charge on any atom is -0.488 e. The first-order valence-corrected chi connectivity index (χ1v) is 13.5. The summed E-state index contributed by atoms with van der Waals surface area (Å²) < 4.78 is 28.6. The predicted molar refractivity (Wildman–Crippen MR) is 157 cm³/mol. The Morgan fingerprint density at radius 1 is 0.974 bits per heavy atom. The van der Waals surface area contributed by atoms with Crippen molar-refractivity contribution in [2.24, 2.45) is 5.10 Å². The van der Waals surface area contributed by atoms with Crippen LogP contribution >= 0.6 is 31.9 Å². The summed E-state index contributed by atoms with van der Waals surface area (Å²) in [6.07, 6.45) is 1.56. The Morgan fingerprint density at radius 2 is 1.79 bits per heavy atom. The summed E-state index contributed by atoms with van der Waals surface area (Å²) in [7, 11) is 0. The molecule has 4 aromatic carbocycles. The average molecular weight is 647 g/mol. The second-order valence-corrected chi connectivity index (χ2v) is 10.4. The third-order valence-corrected chi connectivity index (χ3v) is 7.18. The molecule has 0 amide bonds. The molecule has 0 N–H and O–H groups in total. The number of halogens is 3. The predicted octanol–water partition coefficient (Wildman–Crippen LogP) is 7.94. The highest BCUT2D eigenvalue weighted by molar-refractivity contribution is 9.10. The SMILES string of the molecule is O=c1c2ccccc2nc(-c2cc3cc(Br)ccc3o2)n1N=Cc1ccc(OCc2ccccc2F)c(Br)c1. The number of fused-ring (bicyclic) bond motifs is 2. The topological polar surface area (TPSA) is 69.6 Å². The van der Waals surface area contributed by atoms with Gasteiger partial charge in [-0.05, 0) is 82.2 Å². The first-order chi connectivity index (χ1) is 19.0. The molecule has 0 aliphatic carbocycles. The van der Waals surface area contributed by atoms with Crippen LogP contribution in [0.3, 0.4) is 0 Å². The van der Waals surface area contributed by atoms with E-state index in [1.807, 2.05) is 30.3 Å². The van der Waals surface area contributed by atoms with Gasteiger partial charge in [-0.3, -0.25) is 4.79 Å². The lowest BCUT2D eigenvalue weighted by Crippen LogP contribution is -2.20. The fraction of sp³-hybridized carbons (Fsp3) is 0.0333. The molecule has 0 aliphatic heterocycles. The molecule has 0 unspecified atom stereocenters. The van der Waals surface area contributed by atoms with Crippen LogP contribution in [0.25, 0.3) is 33.5 Å². The summed E-state index contributed by atoms with van der Waals surface area (Å²) in [6, 6.07) is 26.4. The van der Waals surface area contributed by atoms with Crippen molar-refractivity contribution in [2.45, 2.75) is 6.61 Å². The number of para-hydroxylation sites is 1. The third kappa shape index (κ3) is 5.15. The van der Waals surface area contributed by atoms with E-state index in [4.69, 9.17) is 14.1 Å². The Labute approximate surface area is 238 Å². The zero-order chi connectivity index (χ0) is 26.9. The van der Waals surface area contributed by atoms with Crippen LogP contribution in [0.5, 0.6) is 5.75 Å². The van der Waals surface area contributed by atoms with Gasteiger partial charge in [0, 0.05) is 15.4 Å². The van der Waals surface area contributed by atoms with Gasteiger partial charge in [-0.1, -0.05) is 46.3 Å². The largest absolute Gasteiger partial charge is 0.488 e. The number of ether oxygens (including phenoxy) is 1. The molecule has 6 aromatic rings. The Bertz CT molecular complexity index is 1950. The molecule has 192 valence electrons. The Hall–Kier alpha value is -4.08. The van der Waals surface area contributed by atoms with E-state index in [2.05, 4.69) is 37.0 Å². The van der Waals surface area contributed by atoms with Crippen LogP contribution in [-0.4, -0.2) is 15.9 Å². The van der Waals surface area contributed by atoms with Crippen molar-refractivity contribution in [3.63, 3.8) is 0 Å². The molecule has 39 heavy (non-hydrogen) atoms. The standard InChI is InChI=1S/C30H18Br2FN3O3/c31-21-10-12-26-20(14-21)15-28(39-26)29-35-25-8-4-2-6-22(25)30(37)36(29)34-16-18-9-11-27(23(32)13-18)38-17-19-5-1-3-7-24(19)33/h1-16H,17H2. The number of furan rings is 1. The molecule has 6 rings (SSSR count). The summed E-state index contributed by atoms with van der Waals surface area (Å²) >= 11 is 6.99. The molecule has 6 nitrogen and oxygen atoms in total. The van der Waals surface area contributed by atoms with Gasteiger partial charge in [-0.15, -0.1) is 0 Å². The fourth-order valence-corrected chi connectivity index (χ4v) is 5.01. The molecular formula is C30H18Br2FN3O3. The molecule has 2 heterocycles. The molecular weight excluding hydrogens is 629 g/mol. The monoisotopic (exact) mass is 645 g/mol. The molecule has 2 aromatic heterocycles. The van der Waals surface area contributed by atoms with Crippen LogP contribution < -0.4 is 10.3 Å². The second-order valence-electron chi connectivity index (χ2n) is 8.68. The van der Waals surface area contributed by atoms with Crippen LogP contribution in [0.2, 0.25) is 0 Å². The molecule has 0 atom stereocenters. The van der Waals surface area contributed by atoms with E-state index in [1.165, 1.54) is 10.7 Å². The van der Waals surface area contributed by atoms with E-state index in [0.29, 0.717) is 43.6 Å². The van der Waals surface area contributed by atoms with Crippen molar-refractivity contribution in [1.82, 2.24) is 9.66 Å². The van der Waals surface area contributed by atoms with Gasteiger partial charge in [0.25, 0.3) is 5.56 Å². The van der Waals surface area contributed by atoms with Crippen LogP contribution in [0, 0.1) is 5.82 Å². The average Bonchev–Trinajstić information content (AvgIpc) is 3.36. The van der Waals surface area contributed by atoms with Gasteiger partial charge in [0.05, 0.1) is 21.6 Å². The minimum absolute atomic E-state index is 0.0916. The van der Waals surface area contributed by atoms with Gasteiger partial charge >= 0.3 is 0 Å². The number of rotatable bonds is 6. The number of aromatic nitrogens is 2. The van der Waals surface area contributed by atoms with Gasteiger partial charge in [-0.2, -0.15) is 9.78 Å². The smallest absolute Gasteiger partial charge is 0.282 e. The van der Waals surface area contributed by atoms with Gasteiger partial charge in [-0.25, -0.2) is 9.37 Å². The zero-order valence-corrected chi connectivity index (χ0v) is 23.3. The Morgan fingerprint density at radius 3 is 2.64 bits per heavy atom. The molecule has 0 radical (unpaired) electrons. The Balaban J connectivity index is 1.36. The van der Waals surface area contributed by atoms with E-state index in [9.17, 15) is 9.18 Å². The maximum atomic E-state index is 13.9. The van der Waals surface area contributed by atoms with Crippen molar-refractivity contribution in [1.29, 1.82) is 0 Å².